The standard InChI is InChI=1S/C87H170O17P2/c1-8-9-10-11-12-13-14-33-40-47-54-61-68-84(89)97-74-82(104-87(92)71-64-57-50-43-36-29-23-26-32-39-46-53-60-67-80(6)7)76-101-105(93,94)99-72-81(88)73-100-106(95,96)102-77-83(103-86(91)70-63-56-49-42-35-28-22-18-16-20-25-31-38-45-52-59-66-79(4)5)75-98-85(90)69-62-55-48-41-34-27-21-17-15-19-24-30-37-44-51-58-65-78(2)3/h78-83,88H,8-77H2,1-7H3,(H,93,94)(H,95,96)/t81-,82+,83+/m0/s1. The maximum absolute atomic E-state index is 13.2. The lowest BCUT2D eigenvalue weighted by molar-refractivity contribution is -0.161. The van der Waals surface area contributed by atoms with Crippen molar-refractivity contribution in [2.75, 3.05) is 39.6 Å². The van der Waals surface area contributed by atoms with E-state index in [1.165, 1.54) is 270 Å². The highest BCUT2D eigenvalue weighted by Crippen LogP contribution is 2.45. The van der Waals surface area contributed by atoms with Gasteiger partial charge in [0, 0.05) is 25.7 Å². The molecule has 0 fully saturated rings. The van der Waals surface area contributed by atoms with Crippen molar-refractivity contribution < 1.29 is 80.2 Å². The summed E-state index contributed by atoms with van der Waals surface area (Å²) in [6, 6.07) is 0. The molecule has 0 bridgehead atoms. The fourth-order valence-electron chi connectivity index (χ4n) is 13.5. The Morgan fingerprint density at radius 3 is 0.642 bits per heavy atom. The molecule has 2 unspecified atom stereocenters. The third-order valence-corrected chi connectivity index (χ3v) is 22.3. The number of hydrogen-bond donors (Lipinski definition) is 3. The van der Waals surface area contributed by atoms with Gasteiger partial charge in [-0.3, -0.25) is 37.3 Å². The van der Waals surface area contributed by atoms with E-state index in [1.807, 2.05) is 0 Å². The molecule has 0 rings (SSSR count). The van der Waals surface area contributed by atoms with Gasteiger partial charge >= 0.3 is 39.5 Å². The van der Waals surface area contributed by atoms with Gasteiger partial charge in [-0.25, -0.2) is 9.13 Å². The topological polar surface area (TPSA) is 237 Å². The molecule has 17 nitrogen and oxygen atoms in total. The molecule has 0 aliphatic rings. The second-order valence-electron chi connectivity index (χ2n) is 32.7. The molecule has 630 valence electrons. The van der Waals surface area contributed by atoms with E-state index in [2.05, 4.69) is 48.5 Å². The Morgan fingerprint density at radius 2 is 0.434 bits per heavy atom. The van der Waals surface area contributed by atoms with E-state index in [1.54, 1.807) is 0 Å². The minimum Gasteiger partial charge on any atom is -0.462 e. The molecule has 0 spiro atoms. The Kier molecular flexibility index (Phi) is 75.6. The minimum atomic E-state index is -4.97. The highest BCUT2D eigenvalue weighted by atomic mass is 31.2. The molecule has 5 atom stereocenters. The van der Waals surface area contributed by atoms with Crippen molar-refractivity contribution in [1.29, 1.82) is 0 Å². The largest absolute Gasteiger partial charge is 0.472 e. The van der Waals surface area contributed by atoms with Crippen LogP contribution in [0, 0.1) is 17.8 Å². The average molecular weight is 1550 g/mol. The average Bonchev–Trinajstić information content (AvgIpc) is 0.900. The Bertz CT molecular complexity index is 2040. The van der Waals surface area contributed by atoms with Crippen LogP contribution in [0.25, 0.3) is 0 Å². The molecular formula is C87H170O17P2. The molecule has 106 heavy (non-hydrogen) atoms. The fraction of sp³-hybridized carbons (Fsp3) is 0.954. The predicted molar refractivity (Wildman–Crippen MR) is 437 cm³/mol. The Morgan fingerprint density at radius 1 is 0.255 bits per heavy atom. The van der Waals surface area contributed by atoms with Crippen LogP contribution < -0.4 is 0 Å². The third-order valence-electron chi connectivity index (χ3n) is 20.4. The summed E-state index contributed by atoms with van der Waals surface area (Å²) in [4.78, 5) is 73.3. The van der Waals surface area contributed by atoms with Crippen LogP contribution in [0.1, 0.15) is 459 Å². The molecule has 0 aromatic rings. The Labute approximate surface area is 651 Å². The molecule has 0 heterocycles. The molecule has 0 aromatic carbocycles. The zero-order valence-corrected chi connectivity index (χ0v) is 71.7. The van der Waals surface area contributed by atoms with Crippen LogP contribution in [0.5, 0.6) is 0 Å². The molecule has 0 amide bonds. The van der Waals surface area contributed by atoms with Crippen LogP contribution in [0.3, 0.4) is 0 Å². The van der Waals surface area contributed by atoms with Crippen molar-refractivity contribution >= 4 is 39.5 Å². The van der Waals surface area contributed by atoms with Crippen molar-refractivity contribution in [3.8, 4) is 0 Å². The zero-order valence-electron chi connectivity index (χ0n) is 69.9. The highest BCUT2D eigenvalue weighted by molar-refractivity contribution is 7.47. The second-order valence-corrected chi connectivity index (χ2v) is 35.6. The van der Waals surface area contributed by atoms with Crippen molar-refractivity contribution in [2.24, 2.45) is 17.8 Å². The molecule has 0 aliphatic heterocycles. The van der Waals surface area contributed by atoms with Crippen LogP contribution in [-0.4, -0.2) is 96.7 Å². The van der Waals surface area contributed by atoms with Gasteiger partial charge in [-0.2, -0.15) is 0 Å². The summed E-state index contributed by atoms with van der Waals surface area (Å²) in [5.74, 6) is 0.307. The van der Waals surface area contributed by atoms with Gasteiger partial charge in [-0.1, -0.05) is 408 Å². The van der Waals surface area contributed by atoms with E-state index in [4.69, 9.17) is 37.0 Å². The lowest BCUT2D eigenvalue weighted by atomic mass is 10.0. The van der Waals surface area contributed by atoms with Crippen LogP contribution in [-0.2, 0) is 65.4 Å². The van der Waals surface area contributed by atoms with Crippen LogP contribution in [0.15, 0.2) is 0 Å². The smallest absolute Gasteiger partial charge is 0.462 e. The third kappa shape index (κ3) is 80.1. The number of hydrogen-bond acceptors (Lipinski definition) is 15. The number of carbonyl (C=O) groups excluding carboxylic acids is 4. The van der Waals surface area contributed by atoms with Crippen molar-refractivity contribution in [2.45, 2.75) is 478 Å². The summed E-state index contributed by atoms with van der Waals surface area (Å²) < 4.78 is 69.0. The van der Waals surface area contributed by atoms with Crippen molar-refractivity contribution in [3.63, 3.8) is 0 Å². The van der Waals surface area contributed by atoms with E-state index in [0.717, 1.165) is 108 Å². The summed E-state index contributed by atoms with van der Waals surface area (Å²) in [6.45, 7) is 12.1. The lowest BCUT2D eigenvalue weighted by Gasteiger charge is -2.21. The van der Waals surface area contributed by atoms with Crippen molar-refractivity contribution in [3.05, 3.63) is 0 Å². The van der Waals surface area contributed by atoms with Gasteiger partial charge in [0.2, 0.25) is 0 Å². The number of aliphatic hydroxyl groups excluding tert-OH is 1. The first-order valence-corrected chi connectivity index (χ1v) is 47.8. The van der Waals surface area contributed by atoms with Gasteiger partial charge in [-0.05, 0) is 43.4 Å². The summed E-state index contributed by atoms with van der Waals surface area (Å²) >= 11 is 0. The molecule has 3 N–H and O–H groups in total. The van der Waals surface area contributed by atoms with E-state index in [-0.39, 0.29) is 25.7 Å². The molecular weight excluding hydrogens is 1380 g/mol. The van der Waals surface area contributed by atoms with E-state index < -0.39 is 97.5 Å². The predicted octanol–water partition coefficient (Wildman–Crippen LogP) is 26.5. The van der Waals surface area contributed by atoms with Crippen LogP contribution >= 0.6 is 15.6 Å². The highest BCUT2D eigenvalue weighted by Gasteiger charge is 2.30. The number of aliphatic hydroxyl groups is 1. The number of phosphoric ester groups is 2. The Hall–Kier alpha value is -1.94. The zero-order chi connectivity index (χ0) is 77.9. The summed E-state index contributed by atoms with van der Waals surface area (Å²) in [6.07, 6.45) is 67.9. The van der Waals surface area contributed by atoms with Gasteiger partial charge in [-0.15, -0.1) is 0 Å². The Balaban J connectivity index is 5.26. The maximum Gasteiger partial charge on any atom is 0.472 e. The van der Waals surface area contributed by atoms with E-state index >= 15 is 0 Å². The second kappa shape index (κ2) is 77.0. The first-order valence-electron chi connectivity index (χ1n) is 44.8. The molecule has 0 saturated carbocycles. The molecule has 0 radical (unpaired) electrons. The van der Waals surface area contributed by atoms with Gasteiger partial charge < -0.3 is 33.8 Å². The minimum absolute atomic E-state index is 0.108. The first kappa shape index (κ1) is 104. The number of rotatable bonds is 85. The van der Waals surface area contributed by atoms with Gasteiger partial charge in [0.25, 0.3) is 0 Å². The number of ether oxygens (including phenoxy) is 4. The monoisotopic (exact) mass is 1550 g/mol. The number of carbonyl (C=O) groups is 4. The van der Waals surface area contributed by atoms with Gasteiger partial charge in [0.05, 0.1) is 26.4 Å². The van der Waals surface area contributed by atoms with E-state index in [9.17, 15) is 43.2 Å². The molecule has 19 heteroatoms. The molecule has 0 aliphatic carbocycles. The van der Waals surface area contributed by atoms with Gasteiger partial charge in [0.1, 0.15) is 19.3 Å². The quantitative estimate of drug-likeness (QED) is 0.0222. The van der Waals surface area contributed by atoms with Crippen molar-refractivity contribution in [1.82, 2.24) is 0 Å². The lowest BCUT2D eigenvalue weighted by Crippen LogP contribution is -2.30. The van der Waals surface area contributed by atoms with Gasteiger partial charge in [0.15, 0.2) is 12.2 Å². The van der Waals surface area contributed by atoms with Crippen LogP contribution in [0.2, 0.25) is 0 Å². The van der Waals surface area contributed by atoms with E-state index in [0.29, 0.717) is 25.7 Å². The first-order chi connectivity index (χ1) is 51.2. The molecule has 0 saturated heterocycles. The maximum atomic E-state index is 13.2. The van der Waals surface area contributed by atoms with Crippen LogP contribution in [0.4, 0.5) is 0 Å². The normalized spacial score (nSPS) is 13.9. The molecule has 0 aromatic heterocycles. The summed E-state index contributed by atoms with van der Waals surface area (Å²) in [7, 11) is -9.93. The number of phosphoric acid groups is 2. The SMILES string of the molecule is CCCCCCCCCCCCCCC(=O)OC[C@H](COP(=O)(O)OC[C@H](O)COP(=O)(O)OC[C@@H](COC(=O)CCCCCCCCCCCCCCCCCCC(C)C)OC(=O)CCCCCCCCCCCCCCCCCCC(C)C)OC(=O)CCCCCCCCCCCCCCCC(C)C. The summed E-state index contributed by atoms with van der Waals surface area (Å²) in [5.41, 5.74) is 0. The fourth-order valence-corrected chi connectivity index (χ4v) is 15.1. The number of esters is 4. The number of unbranched alkanes of at least 4 members (excludes halogenated alkanes) is 53. The summed E-state index contributed by atoms with van der Waals surface area (Å²) in [5, 5.41) is 10.7.